The third-order valence-corrected chi connectivity index (χ3v) is 4.50. The molecule has 0 bridgehead atoms. The summed E-state index contributed by atoms with van der Waals surface area (Å²) in [4.78, 5) is 25.9. The number of rotatable bonds is 3. The third-order valence-electron chi connectivity index (χ3n) is 4.50. The zero-order chi connectivity index (χ0) is 15.7. The van der Waals surface area contributed by atoms with Crippen molar-refractivity contribution in [1.29, 1.82) is 0 Å². The Hall–Kier alpha value is -1.85. The molecule has 0 spiro atoms. The molecule has 1 aliphatic heterocycles. The van der Waals surface area contributed by atoms with Gasteiger partial charge in [0.05, 0.1) is 17.2 Å². The van der Waals surface area contributed by atoms with Gasteiger partial charge in [-0.05, 0) is 40.0 Å². The van der Waals surface area contributed by atoms with E-state index in [-0.39, 0.29) is 11.9 Å². The van der Waals surface area contributed by atoms with Crippen molar-refractivity contribution in [2.24, 2.45) is 13.0 Å². The molecule has 21 heavy (non-hydrogen) atoms. The van der Waals surface area contributed by atoms with Gasteiger partial charge in [0.2, 0.25) is 0 Å². The minimum atomic E-state index is -0.848. The summed E-state index contributed by atoms with van der Waals surface area (Å²) in [5.74, 6) is -1.48. The number of piperidine rings is 1. The lowest BCUT2D eigenvalue weighted by atomic mass is 9.90. The van der Waals surface area contributed by atoms with E-state index in [2.05, 4.69) is 5.10 Å². The highest BCUT2D eigenvalue weighted by molar-refractivity contribution is 5.97. The first-order valence-electron chi connectivity index (χ1n) is 7.38. The molecule has 0 aliphatic carbocycles. The Morgan fingerprint density at radius 2 is 2.00 bits per heavy atom. The summed E-state index contributed by atoms with van der Waals surface area (Å²) < 4.78 is 1.70. The molecule has 1 aromatic rings. The molecule has 0 aromatic carbocycles. The van der Waals surface area contributed by atoms with E-state index < -0.39 is 11.9 Å². The molecule has 2 unspecified atom stereocenters. The van der Waals surface area contributed by atoms with Crippen LogP contribution in [-0.2, 0) is 11.8 Å². The number of carbonyl (C=O) groups is 2. The Balaban J connectivity index is 2.33. The number of hydrogen-bond acceptors (Lipinski definition) is 3. The highest BCUT2D eigenvalue weighted by Crippen LogP contribution is 2.27. The van der Waals surface area contributed by atoms with Crippen LogP contribution in [0.4, 0.5) is 0 Å². The number of aryl methyl sites for hydroxylation is 2. The fraction of sp³-hybridized carbons (Fsp3) is 0.667. The van der Waals surface area contributed by atoms with E-state index in [1.165, 1.54) is 0 Å². The van der Waals surface area contributed by atoms with Crippen LogP contribution in [0.15, 0.2) is 0 Å². The fourth-order valence-corrected chi connectivity index (χ4v) is 3.12. The number of aromatic nitrogens is 2. The highest BCUT2D eigenvalue weighted by Gasteiger charge is 2.36. The summed E-state index contributed by atoms with van der Waals surface area (Å²) in [6.07, 6.45) is 2.64. The molecule has 1 N–H and O–H groups in total. The van der Waals surface area contributed by atoms with Gasteiger partial charge >= 0.3 is 5.97 Å². The number of carboxylic acids is 1. The first-order chi connectivity index (χ1) is 9.84. The second-order valence-electron chi connectivity index (χ2n) is 5.86. The molecule has 1 amide bonds. The van der Waals surface area contributed by atoms with Gasteiger partial charge in [0.25, 0.3) is 5.91 Å². The van der Waals surface area contributed by atoms with Gasteiger partial charge in [0.15, 0.2) is 0 Å². The zero-order valence-corrected chi connectivity index (χ0v) is 13.1. The van der Waals surface area contributed by atoms with Crippen molar-refractivity contribution in [3.63, 3.8) is 0 Å². The molecule has 116 valence electrons. The molecule has 6 heteroatoms. The predicted molar refractivity (Wildman–Crippen MR) is 78.2 cm³/mol. The molecule has 1 aliphatic rings. The lowest BCUT2D eigenvalue weighted by Gasteiger charge is -2.38. The van der Waals surface area contributed by atoms with Crippen LogP contribution in [0.2, 0.25) is 0 Å². The molecule has 2 rings (SSSR count). The van der Waals surface area contributed by atoms with Crippen molar-refractivity contribution in [3.05, 3.63) is 17.0 Å². The molecule has 1 fully saturated rings. The quantitative estimate of drug-likeness (QED) is 0.921. The number of carbonyl (C=O) groups excluding carboxylic acids is 1. The fourth-order valence-electron chi connectivity index (χ4n) is 3.12. The predicted octanol–water partition coefficient (Wildman–Crippen LogP) is 1.75. The van der Waals surface area contributed by atoms with Crippen molar-refractivity contribution in [2.75, 3.05) is 6.54 Å². The molecule has 2 heterocycles. The smallest absolute Gasteiger partial charge is 0.308 e. The number of carboxylic acid groups (broad SMARTS) is 1. The van der Waals surface area contributed by atoms with Crippen molar-refractivity contribution >= 4 is 11.9 Å². The normalized spacial score (nSPS) is 20.4. The average Bonchev–Trinajstić information content (AvgIpc) is 2.70. The molecule has 1 saturated heterocycles. The number of likely N-dealkylation sites (tertiary alicyclic amines) is 1. The van der Waals surface area contributed by atoms with Crippen LogP contribution in [0.1, 0.15) is 47.9 Å². The molecule has 0 saturated carbocycles. The van der Waals surface area contributed by atoms with Gasteiger partial charge in [-0.25, -0.2) is 0 Å². The summed E-state index contributed by atoms with van der Waals surface area (Å²) in [7, 11) is 1.81. The Morgan fingerprint density at radius 3 is 2.52 bits per heavy atom. The minimum absolute atomic E-state index is 0.0871. The molecular formula is C15H23N3O3. The number of aliphatic carboxylic acids is 1. The molecule has 2 atom stereocenters. The van der Waals surface area contributed by atoms with E-state index in [0.29, 0.717) is 17.8 Å². The lowest BCUT2D eigenvalue weighted by molar-refractivity contribution is -0.143. The van der Waals surface area contributed by atoms with Crippen LogP contribution < -0.4 is 0 Å². The monoisotopic (exact) mass is 293 g/mol. The molecule has 1 aromatic heterocycles. The first-order valence-corrected chi connectivity index (χ1v) is 7.38. The molecule has 0 radical (unpaired) electrons. The molecular weight excluding hydrogens is 270 g/mol. The highest BCUT2D eigenvalue weighted by atomic mass is 16.4. The van der Waals surface area contributed by atoms with Crippen molar-refractivity contribution in [3.8, 4) is 0 Å². The van der Waals surface area contributed by atoms with Crippen LogP contribution in [-0.4, -0.2) is 44.3 Å². The van der Waals surface area contributed by atoms with Gasteiger partial charge in [-0.1, -0.05) is 0 Å². The summed E-state index contributed by atoms with van der Waals surface area (Å²) in [5.41, 5.74) is 2.14. The average molecular weight is 293 g/mol. The van der Waals surface area contributed by atoms with Gasteiger partial charge < -0.3 is 10.0 Å². The van der Waals surface area contributed by atoms with Gasteiger partial charge in [-0.2, -0.15) is 5.10 Å². The Bertz CT molecular complexity index is 565. The van der Waals surface area contributed by atoms with Crippen LogP contribution >= 0.6 is 0 Å². The van der Waals surface area contributed by atoms with E-state index in [0.717, 1.165) is 25.0 Å². The lowest BCUT2D eigenvalue weighted by Crippen LogP contribution is -2.49. The summed E-state index contributed by atoms with van der Waals surface area (Å²) >= 11 is 0. The summed E-state index contributed by atoms with van der Waals surface area (Å²) in [5, 5.41) is 13.5. The van der Waals surface area contributed by atoms with Gasteiger partial charge in [-0.15, -0.1) is 0 Å². The van der Waals surface area contributed by atoms with Gasteiger partial charge in [-0.3, -0.25) is 14.3 Å². The second kappa shape index (κ2) is 5.87. The number of nitrogens with zero attached hydrogens (tertiary/aromatic N) is 3. The van der Waals surface area contributed by atoms with Gasteiger partial charge in [0.1, 0.15) is 0 Å². The van der Waals surface area contributed by atoms with Gasteiger partial charge in [0, 0.05) is 25.3 Å². The van der Waals surface area contributed by atoms with Crippen molar-refractivity contribution < 1.29 is 14.7 Å². The van der Waals surface area contributed by atoms with Crippen LogP contribution in [0.5, 0.6) is 0 Å². The van der Waals surface area contributed by atoms with Crippen LogP contribution in [0, 0.1) is 19.8 Å². The summed E-state index contributed by atoms with van der Waals surface area (Å²) in [6.45, 7) is 5.99. The van der Waals surface area contributed by atoms with E-state index in [1.54, 1.807) is 16.5 Å². The maximum atomic E-state index is 12.9. The van der Waals surface area contributed by atoms with E-state index >= 15 is 0 Å². The van der Waals surface area contributed by atoms with Crippen molar-refractivity contribution in [2.45, 2.75) is 46.1 Å². The maximum absolute atomic E-state index is 12.9. The topological polar surface area (TPSA) is 75.4 Å². The van der Waals surface area contributed by atoms with E-state index in [9.17, 15) is 14.7 Å². The molecule has 6 nitrogen and oxygen atoms in total. The van der Waals surface area contributed by atoms with E-state index in [4.69, 9.17) is 0 Å². The summed E-state index contributed by atoms with van der Waals surface area (Å²) in [6, 6.07) is -0.234. The van der Waals surface area contributed by atoms with Crippen molar-refractivity contribution in [1.82, 2.24) is 14.7 Å². The standard InChI is InChI=1S/C15H23N3O3/c1-9(15(20)21)12-7-5-6-8-18(12)14(19)13-10(2)16-17(4)11(13)3/h9,12H,5-8H2,1-4H3,(H,20,21). The largest absolute Gasteiger partial charge is 0.481 e. The maximum Gasteiger partial charge on any atom is 0.308 e. The number of amides is 1. The first kappa shape index (κ1) is 15.5. The Labute approximate surface area is 124 Å². The second-order valence-corrected chi connectivity index (χ2v) is 5.86. The Kier molecular flexibility index (Phi) is 4.34. The minimum Gasteiger partial charge on any atom is -0.481 e. The third kappa shape index (κ3) is 2.80. The van der Waals surface area contributed by atoms with Crippen LogP contribution in [0.25, 0.3) is 0 Å². The SMILES string of the molecule is Cc1nn(C)c(C)c1C(=O)N1CCCCC1C(C)C(=O)O. The number of hydrogen-bond donors (Lipinski definition) is 1. The van der Waals surface area contributed by atoms with E-state index in [1.807, 2.05) is 20.9 Å². The Morgan fingerprint density at radius 1 is 1.33 bits per heavy atom. The van der Waals surface area contributed by atoms with Crippen LogP contribution in [0.3, 0.4) is 0 Å². The zero-order valence-electron chi connectivity index (χ0n) is 13.1.